The molecule has 0 N–H and O–H groups in total. The molecule has 1 aromatic rings. The fourth-order valence-corrected chi connectivity index (χ4v) is 7.28. The smallest absolute Gasteiger partial charge is 0.0975 e. The lowest BCUT2D eigenvalue weighted by Gasteiger charge is -2.20. The van der Waals surface area contributed by atoms with Gasteiger partial charge in [-0.25, -0.2) is 0 Å². The first kappa shape index (κ1) is 44.7. The number of likely N-dealkylation sites (tertiary alicyclic amines) is 1. The zero-order valence-corrected chi connectivity index (χ0v) is 33.4. The predicted octanol–water partition coefficient (Wildman–Crippen LogP) is 14.3. The molecule has 1 unspecified atom stereocenters. The molecule has 1 fully saturated rings. The van der Waals surface area contributed by atoms with Gasteiger partial charge in [-0.05, 0) is 69.8 Å². The summed E-state index contributed by atoms with van der Waals surface area (Å²) in [6, 6.07) is 10.9. The van der Waals surface area contributed by atoms with Crippen LogP contribution in [0.15, 0.2) is 54.6 Å². The van der Waals surface area contributed by atoms with Gasteiger partial charge in [0, 0.05) is 32.8 Å². The third-order valence-corrected chi connectivity index (χ3v) is 10.5. The first-order valence-electron chi connectivity index (χ1n) is 22.1. The molecule has 1 aliphatic heterocycles. The molecule has 0 radical (unpaired) electrons. The highest BCUT2D eigenvalue weighted by Gasteiger charge is 2.34. The third kappa shape index (κ3) is 26.4. The molecular formula is C47H83NO2. The molecule has 1 saturated heterocycles. The number of rotatable bonds is 36. The van der Waals surface area contributed by atoms with Crippen LogP contribution in [0.1, 0.15) is 199 Å². The second-order valence-electron chi connectivity index (χ2n) is 15.4. The van der Waals surface area contributed by atoms with Gasteiger partial charge in [0.25, 0.3) is 0 Å². The molecule has 0 spiro atoms. The molecule has 0 saturated carbocycles. The van der Waals surface area contributed by atoms with Crippen molar-refractivity contribution in [3.05, 3.63) is 60.2 Å². The lowest BCUT2D eigenvalue weighted by Crippen LogP contribution is -2.30. The Kier molecular flexibility index (Phi) is 31.0. The van der Waals surface area contributed by atoms with Crippen molar-refractivity contribution in [3.8, 4) is 0 Å². The number of unbranched alkanes of at least 4 members (excludes halogenated alkanes) is 24. The van der Waals surface area contributed by atoms with Crippen molar-refractivity contribution in [1.29, 1.82) is 0 Å². The minimum atomic E-state index is 0.205. The van der Waals surface area contributed by atoms with Gasteiger partial charge in [-0.2, -0.15) is 0 Å². The number of ether oxygens (including phenoxy) is 2. The summed E-state index contributed by atoms with van der Waals surface area (Å²) in [6.07, 6.45) is 47.7. The van der Waals surface area contributed by atoms with E-state index in [0.717, 1.165) is 32.8 Å². The molecular weight excluding hydrogens is 611 g/mol. The predicted molar refractivity (Wildman–Crippen MR) is 220 cm³/mol. The second kappa shape index (κ2) is 34.7. The van der Waals surface area contributed by atoms with Crippen LogP contribution in [-0.4, -0.2) is 43.4 Å². The van der Waals surface area contributed by atoms with Crippen molar-refractivity contribution in [2.45, 2.75) is 212 Å². The maximum absolute atomic E-state index is 6.50. The van der Waals surface area contributed by atoms with Crippen molar-refractivity contribution in [3.63, 3.8) is 0 Å². The average Bonchev–Trinajstić information content (AvgIpc) is 3.51. The molecule has 1 heterocycles. The highest BCUT2D eigenvalue weighted by Crippen LogP contribution is 2.21. The van der Waals surface area contributed by atoms with Crippen LogP contribution in [0, 0.1) is 0 Å². The van der Waals surface area contributed by atoms with Gasteiger partial charge >= 0.3 is 0 Å². The Labute approximate surface area is 312 Å². The molecule has 0 aromatic heterocycles. The van der Waals surface area contributed by atoms with Gasteiger partial charge in [-0.1, -0.05) is 184 Å². The van der Waals surface area contributed by atoms with E-state index >= 15 is 0 Å². The highest BCUT2D eigenvalue weighted by atomic mass is 16.5. The van der Waals surface area contributed by atoms with Crippen LogP contribution in [0.4, 0.5) is 0 Å². The van der Waals surface area contributed by atoms with E-state index in [2.05, 4.69) is 73.4 Å². The quantitative estimate of drug-likeness (QED) is 0.0516. The topological polar surface area (TPSA) is 21.7 Å². The Morgan fingerprint density at radius 2 is 0.800 bits per heavy atom. The largest absolute Gasteiger partial charge is 0.374 e. The Balaban J connectivity index is 1.49. The Morgan fingerprint density at radius 3 is 1.18 bits per heavy atom. The fraction of sp³-hybridized carbons (Fsp3) is 0.787. The Bertz CT molecular complexity index is 830. The van der Waals surface area contributed by atoms with Crippen molar-refractivity contribution >= 4 is 0 Å². The van der Waals surface area contributed by atoms with Crippen LogP contribution in [0.25, 0.3) is 0 Å². The zero-order valence-electron chi connectivity index (χ0n) is 33.4. The third-order valence-electron chi connectivity index (χ3n) is 10.5. The van der Waals surface area contributed by atoms with Crippen LogP contribution in [-0.2, 0) is 16.0 Å². The molecule has 2 rings (SSSR count). The number of benzene rings is 1. The second-order valence-corrected chi connectivity index (χ2v) is 15.4. The molecule has 3 heteroatoms. The Hall–Kier alpha value is -1.42. The lowest BCUT2D eigenvalue weighted by molar-refractivity contribution is -0.0481. The first-order chi connectivity index (χ1) is 24.8. The summed E-state index contributed by atoms with van der Waals surface area (Å²) >= 11 is 0. The summed E-state index contributed by atoms with van der Waals surface area (Å²) in [6.45, 7) is 9.29. The van der Waals surface area contributed by atoms with Gasteiger partial charge in [0.2, 0.25) is 0 Å². The van der Waals surface area contributed by atoms with Crippen molar-refractivity contribution in [2.24, 2.45) is 0 Å². The van der Waals surface area contributed by atoms with Crippen LogP contribution >= 0.6 is 0 Å². The Morgan fingerprint density at radius 1 is 0.460 bits per heavy atom. The van der Waals surface area contributed by atoms with E-state index in [1.54, 1.807) is 0 Å². The van der Waals surface area contributed by atoms with Gasteiger partial charge in [0.05, 0.1) is 12.2 Å². The van der Waals surface area contributed by atoms with E-state index < -0.39 is 0 Å². The van der Waals surface area contributed by atoms with E-state index in [0.29, 0.717) is 0 Å². The van der Waals surface area contributed by atoms with Gasteiger partial charge in [0.15, 0.2) is 0 Å². The molecule has 2 atom stereocenters. The number of hydrogen-bond donors (Lipinski definition) is 0. The lowest BCUT2D eigenvalue weighted by atomic mass is 10.1. The summed E-state index contributed by atoms with van der Waals surface area (Å²) in [7, 11) is 0. The molecule has 1 aromatic carbocycles. The standard InChI is InChI=1S/C47H83NO2/c1-3-5-7-9-11-13-15-17-19-21-23-25-27-29-31-36-40-49-46-43-48(42-45-38-34-33-35-39-45)44-47(46)50-41-37-32-30-28-26-24-22-20-18-16-14-12-10-8-6-4-2/h17-20,33-35,38-39,46-47H,3-16,21-32,36-37,40-44H2,1-2H3/b19-17-,20-18-/t46-,47?/m1/s1. The molecule has 50 heavy (non-hydrogen) atoms. The van der Waals surface area contributed by atoms with Crippen molar-refractivity contribution in [1.82, 2.24) is 4.90 Å². The molecule has 3 nitrogen and oxygen atoms in total. The summed E-state index contributed by atoms with van der Waals surface area (Å²) in [5, 5.41) is 0. The van der Waals surface area contributed by atoms with Gasteiger partial charge in [0.1, 0.15) is 0 Å². The van der Waals surface area contributed by atoms with Gasteiger partial charge < -0.3 is 9.47 Å². The minimum Gasteiger partial charge on any atom is -0.374 e. The monoisotopic (exact) mass is 694 g/mol. The van der Waals surface area contributed by atoms with E-state index in [1.165, 1.54) is 185 Å². The molecule has 0 bridgehead atoms. The zero-order chi connectivity index (χ0) is 35.4. The van der Waals surface area contributed by atoms with E-state index in [9.17, 15) is 0 Å². The van der Waals surface area contributed by atoms with Crippen LogP contribution in [0.2, 0.25) is 0 Å². The number of hydrogen-bond acceptors (Lipinski definition) is 3. The van der Waals surface area contributed by atoms with Gasteiger partial charge in [-0.15, -0.1) is 0 Å². The maximum Gasteiger partial charge on any atom is 0.0975 e. The van der Waals surface area contributed by atoms with Crippen LogP contribution in [0.5, 0.6) is 0 Å². The first-order valence-corrected chi connectivity index (χ1v) is 22.1. The minimum absolute atomic E-state index is 0.205. The van der Waals surface area contributed by atoms with E-state index in [-0.39, 0.29) is 12.2 Å². The van der Waals surface area contributed by atoms with E-state index in [1.807, 2.05) is 0 Å². The van der Waals surface area contributed by atoms with E-state index in [4.69, 9.17) is 9.47 Å². The van der Waals surface area contributed by atoms with Crippen molar-refractivity contribution < 1.29 is 9.47 Å². The molecule has 288 valence electrons. The van der Waals surface area contributed by atoms with Gasteiger partial charge in [-0.3, -0.25) is 4.90 Å². The number of allylic oxidation sites excluding steroid dienone is 4. The van der Waals surface area contributed by atoms with Crippen molar-refractivity contribution in [2.75, 3.05) is 26.3 Å². The molecule has 0 aliphatic carbocycles. The summed E-state index contributed by atoms with van der Waals surface area (Å²) in [5.74, 6) is 0. The number of nitrogens with zero attached hydrogens (tertiary/aromatic N) is 1. The SMILES string of the molecule is CCCCCCCC/C=C\CCCCCCCCOC1CN(Cc2ccccc2)C[C@H]1OCCCCCCCC/C=C\CCCCCCCC. The summed E-state index contributed by atoms with van der Waals surface area (Å²) < 4.78 is 13.0. The summed E-state index contributed by atoms with van der Waals surface area (Å²) in [4.78, 5) is 2.54. The van der Waals surface area contributed by atoms with Crippen LogP contribution < -0.4 is 0 Å². The maximum atomic E-state index is 6.50. The average molecular weight is 694 g/mol. The molecule has 1 aliphatic rings. The summed E-state index contributed by atoms with van der Waals surface area (Å²) in [5.41, 5.74) is 1.38. The van der Waals surface area contributed by atoms with Crippen LogP contribution in [0.3, 0.4) is 0 Å². The fourth-order valence-electron chi connectivity index (χ4n) is 7.28. The normalized spacial score (nSPS) is 16.8. The highest BCUT2D eigenvalue weighted by molar-refractivity contribution is 5.14. The molecule has 0 amide bonds.